The van der Waals surface area contributed by atoms with Crippen molar-refractivity contribution in [1.82, 2.24) is 0 Å². The van der Waals surface area contributed by atoms with Gasteiger partial charge in [0.1, 0.15) is 35.5 Å². The van der Waals surface area contributed by atoms with Crippen molar-refractivity contribution in [3.63, 3.8) is 0 Å². The van der Waals surface area contributed by atoms with Crippen LogP contribution in [0, 0.1) is 0 Å². The summed E-state index contributed by atoms with van der Waals surface area (Å²) in [5.74, 6) is -2.62. The minimum atomic E-state index is -1.89. The topological polar surface area (TPSA) is 117 Å². The molecule has 0 aliphatic carbocycles. The predicted octanol–water partition coefficient (Wildman–Crippen LogP) is 2.82. The van der Waals surface area contributed by atoms with Crippen LogP contribution in [0.5, 0.6) is 0 Å². The van der Waals surface area contributed by atoms with Crippen LogP contribution in [0.25, 0.3) is 0 Å². The van der Waals surface area contributed by atoms with Crippen LogP contribution in [0.4, 0.5) is 5.69 Å². The third-order valence-electron chi connectivity index (χ3n) is 5.48. The fraction of sp³-hybridized carbons (Fsp3) is 0.160. The van der Waals surface area contributed by atoms with Gasteiger partial charge >= 0.3 is 11.9 Å². The van der Waals surface area contributed by atoms with Crippen molar-refractivity contribution in [3.05, 3.63) is 101 Å². The monoisotopic (exact) mass is 446 g/mol. The Morgan fingerprint density at radius 2 is 1.73 bits per heavy atom. The van der Waals surface area contributed by atoms with Gasteiger partial charge < -0.3 is 25.3 Å². The lowest BCUT2D eigenvalue weighted by Gasteiger charge is -2.35. The molecule has 0 saturated carbocycles. The number of esters is 2. The Hall–Kier alpha value is -4.33. The van der Waals surface area contributed by atoms with Crippen LogP contribution in [0.2, 0.25) is 0 Å². The molecule has 2 heterocycles. The standard InChI is InChI=1S/C25H22N2O6/c1-3-13-31-22(28)19-15(2)33-21(26)20(23(29)32-14-16-9-5-4-6-10-16)25(19)17-11-7-8-12-18(17)27-24(25)30/h3-12H,1,13-14,26H2,2H3,(H,27,30)/t25-/m1/s1. The van der Waals surface area contributed by atoms with Gasteiger partial charge in [0.15, 0.2) is 0 Å². The summed E-state index contributed by atoms with van der Waals surface area (Å²) in [6, 6.07) is 15.8. The molecule has 168 valence electrons. The average molecular weight is 446 g/mol. The van der Waals surface area contributed by atoms with Gasteiger partial charge in [0.2, 0.25) is 11.8 Å². The Morgan fingerprint density at radius 1 is 1.06 bits per heavy atom. The first-order chi connectivity index (χ1) is 15.9. The Bertz CT molecular complexity index is 1210. The lowest BCUT2D eigenvalue weighted by molar-refractivity contribution is -0.144. The summed E-state index contributed by atoms with van der Waals surface area (Å²) in [7, 11) is 0. The predicted molar refractivity (Wildman–Crippen MR) is 119 cm³/mol. The SMILES string of the molecule is C=CCOC(=O)C1=C(C)OC(N)=C(C(=O)OCc2ccccc2)[C@]12C(=O)Nc1ccccc12. The maximum absolute atomic E-state index is 13.6. The molecule has 1 spiro atoms. The minimum Gasteiger partial charge on any atom is -0.458 e. The van der Waals surface area contributed by atoms with Gasteiger partial charge in [-0.15, -0.1) is 0 Å². The molecule has 3 N–H and O–H groups in total. The highest BCUT2D eigenvalue weighted by molar-refractivity contribution is 6.21. The Morgan fingerprint density at radius 3 is 2.45 bits per heavy atom. The molecule has 0 aromatic heterocycles. The summed E-state index contributed by atoms with van der Waals surface area (Å²) >= 11 is 0. The number of hydrogen-bond donors (Lipinski definition) is 2. The number of hydrogen-bond acceptors (Lipinski definition) is 7. The third kappa shape index (κ3) is 3.55. The van der Waals surface area contributed by atoms with E-state index in [1.807, 2.05) is 18.2 Å². The molecule has 2 aliphatic heterocycles. The van der Waals surface area contributed by atoms with Gasteiger partial charge in [0.05, 0.1) is 0 Å². The zero-order valence-corrected chi connectivity index (χ0v) is 17.9. The maximum Gasteiger partial charge on any atom is 0.341 e. The molecule has 33 heavy (non-hydrogen) atoms. The van der Waals surface area contributed by atoms with Crippen LogP contribution in [0.3, 0.4) is 0 Å². The summed E-state index contributed by atoms with van der Waals surface area (Å²) in [5.41, 5.74) is 5.38. The molecule has 2 aromatic carbocycles. The second-order valence-corrected chi connectivity index (χ2v) is 7.47. The molecule has 4 rings (SSSR count). The maximum atomic E-state index is 13.6. The second-order valence-electron chi connectivity index (χ2n) is 7.47. The van der Waals surface area contributed by atoms with Gasteiger partial charge in [-0.1, -0.05) is 61.2 Å². The summed E-state index contributed by atoms with van der Waals surface area (Å²) in [6.45, 7) is 4.87. The summed E-state index contributed by atoms with van der Waals surface area (Å²) < 4.78 is 16.3. The summed E-state index contributed by atoms with van der Waals surface area (Å²) in [5, 5.41) is 2.74. The Labute approximate surface area is 190 Å². The smallest absolute Gasteiger partial charge is 0.341 e. The molecular weight excluding hydrogens is 424 g/mol. The second kappa shape index (κ2) is 8.66. The molecule has 1 amide bonds. The molecule has 0 unspecified atom stereocenters. The number of allylic oxidation sites excluding steroid dienone is 1. The number of amides is 1. The number of ether oxygens (including phenoxy) is 3. The number of para-hydroxylation sites is 1. The van der Waals surface area contributed by atoms with Crippen molar-refractivity contribution in [2.75, 3.05) is 11.9 Å². The lowest BCUT2D eigenvalue weighted by Crippen LogP contribution is -2.48. The van der Waals surface area contributed by atoms with Crippen molar-refractivity contribution < 1.29 is 28.6 Å². The quantitative estimate of drug-likeness (QED) is 0.518. The van der Waals surface area contributed by atoms with Gasteiger partial charge in [0, 0.05) is 11.3 Å². The van der Waals surface area contributed by atoms with E-state index in [-0.39, 0.29) is 36.0 Å². The lowest BCUT2D eigenvalue weighted by atomic mass is 9.67. The first-order valence-corrected chi connectivity index (χ1v) is 10.2. The number of anilines is 1. The number of nitrogens with two attached hydrogens (primary N) is 1. The number of rotatable bonds is 6. The third-order valence-corrected chi connectivity index (χ3v) is 5.48. The van der Waals surface area contributed by atoms with E-state index < -0.39 is 23.3 Å². The minimum absolute atomic E-state index is 0.0491. The average Bonchev–Trinajstić information content (AvgIpc) is 3.08. The molecule has 0 saturated heterocycles. The van der Waals surface area contributed by atoms with Crippen LogP contribution in [0.1, 0.15) is 18.1 Å². The molecule has 2 aliphatic rings. The van der Waals surface area contributed by atoms with E-state index in [0.29, 0.717) is 11.3 Å². The van der Waals surface area contributed by atoms with E-state index in [9.17, 15) is 14.4 Å². The van der Waals surface area contributed by atoms with Crippen LogP contribution >= 0.6 is 0 Å². The van der Waals surface area contributed by atoms with Gasteiger partial charge in [-0.25, -0.2) is 9.59 Å². The van der Waals surface area contributed by atoms with Gasteiger partial charge in [0.25, 0.3) is 0 Å². The van der Waals surface area contributed by atoms with Crippen molar-refractivity contribution in [2.45, 2.75) is 18.9 Å². The van der Waals surface area contributed by atoms with E-state index in [4.69, 9.17) is 19.9 Å². The van der Waals surface area contributed by atoms with Gasteiger partial charge in [-0.2, -0.15) is 0 Å². The van der Waals surface area contributed by atoms with Crippen LogP contribution in [0.15, 0.2) is 90.0 Å². The number of benzene rings is 2. The molecule has 0 fully saturated rings. The van der Waals surface area contributed by atoms with E-state index in [0.717, 1.165) is 5.56 Å². The van der Waals surface area contributed by atoms with E-state index in [1.54, 1.807) is 36.4 Å². The highest BCUT2D eigenvalue weighted by Gasteiger charge is 2.61. The van der Waals surface area contributed by atoms with Gasteiger partial charge in [-0.3, -0.25) is 4.79 Å². The van der Waals surface area contributed by atoms with Crippen molar-refractivity contribution in [1.29, 1.82) is 0 Å². The zero-order valence-electron chi connectivity index (χ0n) is 17.9. The number of fused-ring (bicyclic) bond motifs is 2. The van der Waals surface area contributed by atoms with E-state index in [1.165, 1.54) is 13.0 Å². The first-order valence-electron chi connectivity index (χ1n) is 10.2. The number of carbonyl (C=O) groups excluding carboxylic acids is 3. The Balaban J connectivity index is 1.85. The number of nitrogens with one attached hydrogen (secondary N) is 1. The largest absolute Gasteiger partial charge is 0.458 e. The van der Waals surface area contributed by atoms with Gasteiger partial charge in [-0.05, 0) is 18.6 Å². The fourth-order valence-corrected chi connectivity index (χ4v) is 4.15. The van der Waals surface area contributed by atoms with Crippen molar-refractivity contribution in [3.8, 4) is 0 Å². The highest BCUT2D eigenvalue weighted by atomic mass is 16.5. The van der Waals surface area contributed by atoms with Crippen molar-refractivity contribution in [2.24, 2.45) is 5.73 Å². The fourth-order valence-electron chi connectivity index (χ4n) is 4.15. The van der Waals surface area contributed by atoms with Crippen LogP contribution < -0.4 is 11.1 Å². The zero-order chi connectivity index (χ0) is 23.6. The molecule has 8 nitrogen and oxygen atoms in total. The molecule has 1 atom stereocenters. The summed E-state index contributed by atoms with van der Waals surface area (Å²) in [6.07, 6.45) is 1.39. The molecule has 0 bridgehead atoms. The molecule has 0 radical (unpaired) electrons. The van der Waals surface area contributed by atoms with Crippen LogP contribution in [-0.4, -0.2) is 24.5 Å². The number of carbonyl (C=O) groups is 3. The normalized spacial score (nSPS) is 19.0. The molecular formula is C25H22N2O6. The summed E-state index contributed by atoms with van der Waals surface area (Å²) in [4.78, 5) is 40.1. The van der Waals surface area contributed by atoms with Crippen molar-refractivity contribution >= 4 is 23.5 Å². The molecule has 8 heteroatoms. The van der Waals surface area contributed by atoms with E-state index >= 15 is 0 Å². The van der Waals surface area contributed by atoms with Crippen LogP contribution in [-0.2, 0) is 40.6 Å². The van der Waals surface area contributed by atoms with E-state index in [2.05, 4.69) is 11.9 Å². The highest BCUT2D eigenvalue weighted by Crippen LogP contribution is 2.52. The Kier molecular flexibility index (Phi) is 5.74. The first kappa shape index (κ1) is 21.9. The molecule has 2 aromatic rings.